The number of nitrogens with one attached hydrogen (secondary N) is 1. The van der Waals surface area contributed by atoms with E-state index in [4.69, 9.17) is 0 Å². The molecule has 3 aromatic rings. The van der Waals surface area contributed by atoms with Crippen molar-refractivity contribution in [1.82, 2.24) is 19.8 Å². The zero-order valence-electron chi connectivity index (χ0n) is 15.9. The number of rotatable bonds is 6. The predicted molar refractivity (Wildman–Crippen MR) is 103 cm³/mol. The molecule has 0 saturated heterocycles. The van der Waals surface area contributed by atoms with Crippen LogP contribution in [0.5, 0.6) is 0 Å². The van der Waals surface area contributed by atoms with Gasteiger partial charge in [-0.05, 0) is 28.8 Å². The van der Waals surface area contributed by atoms with Crippen LogP contribution in [0.1, 0.15) is 22.3 Å². The highest BCUT2D eigenvalue weighted by Gasteiger charge is 2.29. The summed E-state index contributed by atoms with van der Waals surface area (Å²) in [6.45, 7) is 1.30. The maximum atomic E-state index is 12.6. The maximum Gasteiger partial charge on any atom is 0.416 e. The van der Waals surface area contributed by atoms with Crippen LogP contribution < -0.4 is 5.32 Å². The number of nitrogens with zero attached hydrogens (tertiary/aromatic N) is 3. The average molecular weight is 402 g/mol. The van der Waals surface area contributed by atoms with Crippen LogP contribution in [0, 0.1) is 0 Å². The highest BCUT2D eigenvalue weighted by atomic mass is 19.4. The average Bonchev–Trinajstić information content (AvgIpc) is 3.20. The van der Waals surface area contributed by atoms with Gasteiger partial charge in [-0.1, -0.05) is 36.4 Å². The fourth-order valence-electron chi connectivity index (χ4n) is 2.81. The monoisotopic (exact) mass is 402 g/mol. The van der Waals surface area contributed by atoms with Gasteiger partial charge in [0, 0.05) is 39.1 Å². The van der Waals surface area contributed by atoms with Crippen molar-refractivity contribution in [2.24, 2.45) is 0 Å². The summed E-state index contributed by atoms with van der Waals surface area (Å²) in [6, 6.07) is 12.4. The van der Waals surface area contributed by atoms with Gasteiger partial charge in [0.25, 0.3) is 0 Å². The summed E-state index contributed by atoms with van der Waals surface area (Å²) in [4.78, 5) is 17.7. The molecule has 2 amide bonds. The molecular weight excluding hydrogens is 381 g/mol. The van der Waals surface area contributed by atoms with Crippen LogP contribution in [-0.4, -0.2) is 27.5 Å². The van der Waals surface area contributed by atoms with Crippen LogP contribution in [0.25, 0.3) is 0 Å². The molecule has 5 nitrogen and oxygen atoms in total. The van der Waals surface area contributed by atoms with E-state index in [0.717, 1.165) is 29.8 Å². The number of carbonyl (C=O) groups excluding carboxylic acids is 1. The van der Waals surface area contributed by atoms with Gasteiger partial charge in [0.1, 0.15) is 0 Å². The first-order valence-electron chi connectivity index (χ1n) is 9.00. The molecule has 8 heteroatoms. The number of amides is 2. The Kier molecular flexibility index (Phi) is 6.21. The molecule has 1 N–H and O–H groups in total. The van der Waals surface area contributed by atoms with Gasteiger partial charge in [0.15, 0.2) is 0 Å². The van der Waals surface area contributed by atoms with Crippen LogP contribution in [-0.2, 0) is 25.8 Å². The molecule has 0 saturated carbocycles. The van der Waals surface area contributed by atoms with Crippen molar-refractivity contribution in [2.45, 2.75) is 25.8 Å². The Balaban J connectivity index is 1.48. The molecular formula is C21H21F3N4O. The van der Waals surface area contributed by atoms with E-state index in [1.165, 1.54) is 17.0 Å². The fourth-order valence-corrected chi connectivity index (χ4v) is 2.81. The summed E-state index contributed by atoms with van der Waals surface area (Å²) < 4.78 is 39.8. The molecule has 0 atom stereocenters. The number of aromatic nitrogens is 2. The second-order valence-electron chi connectivity index (χ2n) is 6.76. The largest absolute Gasteiger partial charge is 0.416 e. The van der Waals surface area contributed by atoms with Crippen LogP contribution >= 0.6 is 0 Å². The Labute approximate surface area is 166 Å². The highest BCUT2D eigenvalue weighted by Crippen LogP contribution is 2.29. The Bertz CT molecular complexity index is 920. The number of hydrogen-bond donors (Lipinski definition) is 1. The first-order valence-corrected chi connectivity index (χ1v) is 9.00. The van der Waals surface area contributed by atoms with Gasteiger partial charge in [-0.15, -0.1) is 0 Å². The molecule has 0 unspecified atom stereocenters. The highest BCUT2D eigenvalue weighted by molar-refractivity contribution is 5.73. The van der Waals surface area contributed by atoms with E-state index in [-0.39, 0.29) is 12.6 Å². The molecule has 0 radical (unpaired) electrons. The summed E-state index contributed by atoms with van der Waals surface area (Å²) in [5.41, 5.74) is 2.00. The van der Waals surface area contributed by atoms with E-state index < -0.39 is 11.7 Å². The molecule has 152 valence electrons. The van der Waals surface area contributed by atoms with E-state index in [9.17, 15) is 18.0 Å². The molecule has 29 heavy (non-hydrogen) atoms. The second-order valence-corrected chi connectivity index (χ2v) is 6.76. The fraction of sp³-hybridized carbons (Fsp3) is 0.238. The number of benzene rings is 2. The minimum Gasteiger partial charge on any atom is -0.334 e. The second kappa shape index (κ2) is 8.81. The third kappa shape index (κ3) is 5.84. The van der Waals surface area contributed by atoms with Crippen molar-refractivity contribution in [3.63, 3.8) is 0 Å². The lowest BCUT2D eigenvalue weighted by atomic mass is 10.1. The van der Waals surface area contributed by atoms with Gasteiger partial charge in [0.2, 0.25) is 0 Å². The van der Waals surface area contributed by atoms with E-state index in [0.29, 0.717) is 12.1 Å². The number of alkyl halides is 3. The molecule has 3 rings (SSSR count). The van der Waals surface area contributed by atoms with Crippen molar-refractivity contribution in [3.8, 4) is 0 Å². The molecule has 0 spiro atoms. The first kappa shape index (κ1) is 20.4. The summed E-state index contributed by atoms with van der Waals surface area (Å²) >= 11 is 0. The maximum absolute atomic E-state index is 12.6. The van der Waals surface area contributed by atoms with Gasteiger partial charge in [-0.25, -0.2) is 9.78 Å². The SMILES string of the molecule is CN(Cc1ccc(C(F)(F)F)cc1)C(=O)NCc1ccc(Cn2ccnc2)cc1. The number of imidazole rings is 1. The zero-order chi connectivity index (χ0) is 20.9. The zero-order valence-corrected chi connectivity index (χ0v) is 15.9. The molecule has 0 aliphatic carbocycles. The van der Waals surface area contributed by atoms with E-state index in [1.54, 1.807) is 19.6 Å². The Morgan fingerprint density at radius 3 is 2.24 bits per heavy atom. The van der Waals surface area contributed by atoms with E-state index in [1.807, 2.05) is 35.0 Å². The van der Waals surface area contributed by atoms with E-state index in [2.05, 4.69) is 10.3 Å². The summed E-state index contributed by atoms with van der Waals surface area (Å²) in [5.74, 6) is 0. The predicted octanol–water partition coefficient (Wildman–Crippen LogP) is 4.29. The summed E-state index contributed by atoms with van der Waals surface area (Å²) in [7, 11) is 1.60. The lowest BCUT2D eigenvalue weighted by Crippen LogP contribution is -2.36. The van der Waals surface area contributed by atoms with Crippen molar-refractivity contribution < 1.29 is 18.0 Å². The first-order chi connectivity index (χ1) is 13.8. The van der Waals surface area contributed by atoms with Gasteiger partial charge in [0.05, 0.1) is 11.9 Å². The van der Waals surface area contributed by atoms with Gasteiger partial charge in [-0.2, -0.15) is 13.2 Å². The topological polar surface area (TPSA) is 50.2 Å². The third-order valence-corrected chi connectivity index (χ3v) is 4.44. The lowest BCUT2D eigenvalue weighted by Gasteiger charge is -2.18. The normalized spacial score (nSPS) is 11.3. The van der Waals surface area contributed by atoms with Gasteiger partial charge < -0.3 is 14.8 Å². The third-order valence-electron chi connectivity index (χ3n) is 4.44. The Morgan fingerprint density at radius 1 is 1.03 bits per heavy atom. The Morgan fingerprint density at radius 2 is 1.66 bits per heavy atom. The van der Waals surface area contributed by atoms with Crippen molar-refractivity contribution in [1.29, 1.82) is 0 Å². The quantitative estimate of drug-likeness (QED) is 0.669. The molecule has 0 aliphatic heterocycles. The minimum atomic E-state index is -4.36. The molecule has 0 bridgehead atoms. The summed E-state index contributed by atoms with van der Waals surface area (Å²) in [5, 5.41) is 2.81. The van der Waals surface area contributed by atoms with Crippen LogP contribution in [0.4, 0.5) is 18.0 Å². The lowest BCUT2D eigenvalue weighted by molar-refractivity contribution is -0.137. The van der Waals surface area contributed by atoms with Crippen molar-refractivity contribution in [2.75, 3.05) is 7.05 Å². The van der Waals surface area contributed by atoms with Crippen molar-refractivity contribution in [3.05, 3.63) is 89.5 Å². The van der Waals surface area contributed by atoms with Crippen LogP contribution in [0.3, 0.4) is 0 Å². The van der Waals surface area contributed by atoms with Crippen LogP contribution in [0.2, 0.25) is 0 Å². The number of urea groups is 1. The van der Waals surface area contributed by atoms with Gasteiger partial charge >= 0.3 is 12.2 Å². The smallest absolute Gasteiger partial charge is 0.334 e. The van der Waals surface area contributed by atoms with E-state index >= 15 is 0 Å². The number of hydrogen-bond acceptors (Lipinski definition) is 2. The molecule has 0 fully saturated rings. The molecule has 1 aromatic heterocycles. The van der Waals surface area contributed by atoms with Crippen molar-refractivity contribution >= 4 is 6.03 Å². The minimum absolute atomic E-state index is 0.216. The van der Waals surface area contributed by atoms with Crippen LogP contribution in [0.15, 0.2) is 67.3 Å². The molecule has 1 heterocycles. The van der Waals surface area contributed by atoms with Gasteiger partial charge in [-0.3, -0.25) is 0 Å². The summed E-state index contributed by atoms with van der Waals surface area (Å²) in [6.07, 6.45) is 1.00. The molecule has 2 aromatic carbocycles. The number of carbonyl (C=O) groups is 1. The molecule has 0 aliphatic rings. The standard InChI is InChI=1S/C21H21F3N4O/c1-27(13-17-6-8-19(9-7-17)21(22,23)24)20(29)26-12-16-2-4-18(5-3-16)14-28-11-10-25-15-28/h2-11,15H,12-14H2,1H3,(H,26,29). The Hall–Kier alpha value is -3.29. The number of halogens is 3.